The Morgan fingerprint density at radius 3 is 2.48 bits per heavy atom. The van der Waals surface area contributed by atoms with Gasteiger partial charge in [0.25, 0.3) is 5.91 Å². The van der Waals surface area contributed by atoms with E-state index in [1.165, 1.54) is 10.5 Å². The normalized spacial score (nSPS) is 21.4. The van der Waals surface area contributed by atoms with Gasteiger partial charge in [-0.3, -0.25) is 14.6 Å². The SMILES string of the molecule is Cc1cccc(C(=O)N2[C@H](C(=O)O)COC23CCN(Cc2ccccc2)CC3)c1. The Morgan fingerprint density at radius 1 is 1.10 bits per heavy atom. The number of benzene rings is 2. The Bertz CT molecular complexity index is 891. The van der Waals surface area contributed by atoms with E-state index in [0.717, 1.165) is 25.2 Å². The third-order valence-corrected chi connectivity index (χ3v) is 5.92. The minimum Gasteiger partial charge on any atom is -0.480 e. The Hall–Kier alpha value is -2.70. The summed E-state index contributed by atoms with van der Waals surface area (Å²) in [6.45, 7) is 4.29. The summed E-state index contributed by atoms with van der Waals surface area (Å²) in [4.78, 5) is 29.0. The number of likely N-dealkylation sites (tertiary alicyclic amines) is 1. The van der Waals surface area contributed by atoms with Crippen LogP contribution in [0.2, 0.25) is 0 Å². The number of carbonyl (C=O) groups is 2. The predicted octanol–water partition coefficient (Wildman–Crippen LogP) is 2.91. The largest absolute Gasteiger partial charge is 0.480 e. The molecule has 1 N–H and O–H groups in total. The van der Waals surface area contributed by atoms with Crippen molar-refractivity contribution in [2.75, 3.05) is 19.7 Å². The topological polar surface area (TPSA) is 70.1 Å². The number of amides is 1. The zero-order chi connectivity index (χ0) is 20.4. The second-order valence-electron chi connectivity index (χ2n) is 7.92. The highest BCUT2D eigenvalue weighted by Crippen LogP contribution is 2.38. The lowest BCUT2D eigenvalue weighted by molar-refractivity contribution is -0.144. The zero-order valence-corrected chi connectivity index (χ0v) is 16.6. The first-order chi connectivity index (χ1) is 14.0. The van der Waals surface area contributed by atoms with Crippen LogP contribution in [0.4, 0.5) is 0 Å². The lowest BCUT2D eigenvalue weighted by Crippen LogP contribution is -2.58. The molecule has 0 radical (unpaired) electrons. The molecule has 2 aliphatic heterocycles. The van der Waals surface area contributed by atoms with Gasteiger partial charge >= 0.3 is 5.97 Å². The molecule has 0 aliphatic carbocycles. The Morgan fingerprint density at radius 2 is 1.83 bits per heavy atom. The molecule has 2 aromatic rings. The minimum absolute atomic E-state index is 0.0333. The van der Waals surface area contributed by atoms with Gasteiger partial charge < -0.3 is 9.84 Å². The number of hydrogen-bond donors (Lipinski definition) is 1. The van der Waals surface area contributed by atoms with E-state index in [1.54, 1.807) is 12.1 Å². The lowest BCUT2D eigenvalue weighted by atomic mass is 9.96. The molecule has 2 heterocycles. The molecule has 6 nitrogen and oxygen atoms in total. The van der Waals surface area contributed by atoms with Gasteiger partial charge in [0, 0.05) is 38.0 Å². The Labute approximate surface area is 170 Å². The van der Waals surface area contributed by atoms with Crippen molar-refractivity contribution in [1.82, 2.24) is 9.80 Å². The summed E-state index contributed by atoms with van der Waals surface area (Å²) in [5.74, 6) is -1.29. The molecule has 4 rings (SSSR count). The van der Waals surface area contributed by atoms with Gasteiger partial charge in [0.1, 0.15) is 5.72 Å². The van der Waals surface area contributed by atoms with Gasteiger partial charge in [-0.1, -0.05) is 48.0 Å². The van der Waals surface area contributed by atoms with Crippen LogP contribution in [0.25, 0.3) is 0 Å². The van der Waals surface area contributed by atoms with E-state index in [-0.39, 0.29) is 12.5 Å². The van der Waals surface area contributed by atoms with E-state index in [2.05, 4.69) is 17.0 Å². The molecule has 2 saturated heterocycles. The molecule has 0 saturated carbocycles. The predicted molar refractivity (Wildman–Crippen MR) is 108 cm³/mol. The molecule has 1 atom stereocenters. The number of nitrogens with zero attached hydrogens (tertiary/aromatic N) is 2. The molecule has 0 unspecified atom stereocenters. The van der Waals surface area contributed by atoms with Crippen LogP contribution in [0.5, 0.6) is 0 Å². The first-order valence-electron chi connectivity index (χ1n) is 10.0. The van der Waals surface area contributed by atoms with E-state index >= 15 is 0 Å². The lowest BCUT2D eigenvalue weighted by Gasteiger charge is -2.44. The number of aryl methyl sites for hydroxylation is 1. The van der Waals surface area contributed by atoms with E-state index in [1.807, 2.05) is 37.3 Å². The number of carboxylic acids is 1. The molecule has 6 heteroatoms. The number of ether oxygens (including phenoxy) is 1. The summed E-state index contributed by atoms with van der Waals surface area (Å²) < 4.78 is 6.04. The molecule has 1 amide bonds. The maximum atomic E-state index is 13.3. The van der Waals surface area contributed by atoms with Crippen molar-refractivity contribution in [2.45, 2.75) is 38.1 Å². The summed E-state index contributed by atoms with van der Waals surface area (Å²) in [7, 11) is 0. The summed E-state index contributed by atoms with van der Waals surface area (Å²) >= 11 is 0. The fourth-order valence-corrected chi connectivity index (χ4v) is 4.38. The van der Waals surface area contributed by atoms with Crippen molar-refractivity contribution in [3.05, 3.63) is 71.3 Å². The molecule has 29 heavy (non-hydrogen) atoms. The first kappa shape index (κ1) is 19.6. The average Bonchev–Trinajstić information content (AvgIpc) is 3.09. The molecule has 0 bridgehead atoms. The second kappa shape index (κ2) is 7.97. The van der Waals surface area contributed by atoms with Gasteiger partial charge in [-0.15, -0.1) is 0 Å². The van der Waals surface area contributed by atoms with Crippen molar-refractivity contribution in [2.24, 2.45) is 0 Å². The summed E-state index contributed by atoms with van der Waals surface area (Å²) in [5, 5.41) is 9.71. The molecule has 2 aromatic carbocycles. The standard InChI is InChI=1S/C23H26N2O4/c1-17-6-5-9-19(14-17)21(26)25-20(22(27)28)16-29-23(25)10-12-24(13-11-23)15-18-7-3-2-4-8-18/h2-9,14,20H,10-13,15-16H2,1H3,(H,27,28)/t20-/m0/s1. The third-order valence-electron chi connectivity index (χ3n) is 5.92. The maximum absolute atomic E-state index is 13.3. The summed E-state index contributed by atoms with van der Waals surface area (Å²) in [6.07, 6.45) is 1.20. The smallest absolute Gasteiger partial charge is 0.328 e. The van der Waals surface area contributed by atoms with Crippen LogP contribution in [0.1, 0.15) is 34.3 Å². The number of carbonyl (C=O) groups excluding carboxylic acids is 1. The van der Waals surface area contributed by atoms with Crippen LogP contribution in [0.15, 0.2) is 54.6 Å². The molecule has 1 spiro atoms. The fraction of sp³-hybridized carbons (Fsp3) is 0.391. The Kier molecular flexibility index (Phi) is 5.39. The quantitative estimate of drug-likeness (QED) is 0.864. The summed E-state index contributed by atoms with van der Waals surface area (Å²) in [6, 6.07) is 16.6. The highest BCUT2D eigenvalue weighted by atomic mass is 16.5. The molecular formula is C23H26N2O4. The van der Waals surface area contributed by atoms with Gasteiger partial charge in [-0.25, -0.2) is 4.79 Å². The van der Waals surface area contributed by atoms with Crippen LogP contribution in [-0.4, -0.2) is 58.2 Å². The molecule has 0 aromatic heterocycles. The van der Waals surface area contributed by atoms with Gasteiger partial charge in [0.05, 0.1) is 6.61 Å². The van der Waals surface area contributed by atoms with Crippen molar-refractivity contribution < 1.29 is 19.4 Å². The monoisotopic (exact) mass is 394 g/mol. The molecular weight excluding hydrogens is 368 g/mol. The second-order valence-corrected chi connectivity index (χ2v) is 7.92. The van der Waals surface area contributed by atoms with Crippen LogP contribution >= 0.6 is 0 Å². The van der Waals surface area contributed by atoms with Crippen LogP contribution in [0.3, 0.4) is 0 Å². The van der Waals surface area contributed by atoms with Crippen LogP contribution in [0, 0.1) is 6.92 Å². The van der Waals surface area contributed by atoms with Crippen LogP contribution in [-0.2, 0) is 16.1 Å². The highest BCUT2D eigenvalue weighted by molar-refractivity contribution is 5.97. The van der Waals surface area contributed by atoms with Crippen molar-refractivity contribution in [3.63, 3.8) is 0 Å². The van der Waals surface area contributed by atoms with Gasteiger partial charge in [-0.05, 0) is 24.6 Å². The van der Waals surface area contributed by atoms with Crippen LogP contribution < -0.4 is 0 Å². The molecule has 152 valence electrons. The highest BCUT2D eigenvalue weighted by Gasteiger charge is 2.54. The van der Waals surface area contributed by atoms with Crippen molar-refractivity contribution in [1.29, 1.82) is 0 Å². The molecule has 2 fully saturated rings. The number of aliphatic carboxylic acids is 1. The van der Waals surface area contributed by atoms with Gasteiger partial charge in [0.15, 0.2) is 6.04 Å². The number of hydrogen-bond acceptors (Lipinski definition) is 4. The van der Waals surface area contributed by atoms with Gasteiger partial charge in [-0.2, -0.15) is 0 Å². The van der Waals surface area contributed by atoms with Crippen molar-refractivity contribution >= 4 is 11.9 Å². The first-order valence-corrected chi connectivity index (χ1v) is 10.0. The maximum Gasteiger partial charge on any atom is 0.328 e. The van der Waals surface area contributed by atoms with E-state index < -0.39 is 17.7 Å². The average molecular weight is 394 g/mol. The fourth-order valence-electron chi connectivity index (χ4n) is 4.38. The summed E-state index contributed by atoms with van der Waals surface area (Å²) in [5.41, 5.74) is 1.87. The number of rotatable bonds is 4. The molecule has 2 aliphatic rings. The third kappa shape index (κ3) is 3.91. The zero-order valence-electron chi connectivity index (χ0n) is 16.6. The van der Waals surface area contributed by atoms with Crippen molar-refractivity contribution in [3.8, 4) is 0 Å². The Balaban J connectivity index is 1.54. The number of carboxylic acid groups (broad SMARTS) is 1. The number of piperidine rings is 1. The van der Waals surface area contributed by atoms with Gasteiger partial charge in [0.2, 0.25) is 0 Å². The minimum atomic E-state index is -1.02. The van der Waals surface area contributed by atoms with E-state index in [0.29, 0.717) is 18.4 Å². The van der Waals surface area contributed by atoms with E-state index in [4.69, 9.17) is 4.74 Å². The van der Waals surface area contributed by atoms with E-state index in [9.17, 15) is 14.7 Å².